The van der Waals surface area contributed by atoms with Crippen molar-refractivity contribution in [3.63, 3.8) is 0 Å². The summed E-state index contributed by atoms with van der Waals surface area (Å²) >= 11 is 0. The van der Waals surface area contributed by atoms with Crippen molar-refractivity contribution in [1.29, 1.82) is 0 Å². The van der Waals surface area contributed by atoms with Crippen molar-refractivity contribution in [3.8, 4) is 0 Å². The molecular weight excluding hydrogens is 186 g/mol. The number of hydrogen-bond acceptors (Lipinski definition) is 1. The predicted molar refractivity (Wildman–Crippen MR) is 61.1 cm³/mol. The fraction of sp³-hybridized carbons (Fsp3) is 0.923. The second-order valence-corrected chi connectivity index (χ2v) is 6.19. The molecule has 4 bridgehead atoms. The Balaban J connectivity index is 0.000000258. The summed E-state index contributed by atoms with van der Waals surface area (Å²) in [5, 5.41) is 0. The molecule has 4 saturated carbocycles. The first kappa shape index (κ1) is 11.0. The normalized spacial score (nSPS) is 50.8. The zero-order valence-corrected chi connectivity index (χ0v) is 9.91. The first-order valence-corrected chi connectivity index (χ1v) is 6.24. The molecule has 4 fully saturated rings. The van der Waals surface area contributed by atoms with Crippen LogP contribution in [0.25, 0.3) is 0 Å². The quantitative estimate of drug-likeness (QED) is 0.612. The number of carbonyl (C=O) groups excluding carboxylic acids is 1. The van der Waals surface area contributed by atoms with Crippen LogP contribution in [0.5, 0.6) is 0 Å². The molecule has 4 aliphatic rings. The number of amides is 1. The Morgan fingerprint density at radius 2 is 1.67 bits per heavy atom. The lowest BCUT2D eigenvalue weighted by Gasteiger charge is -2.59. The summed E-state index contributed by atoms with van der Waals surface area (Å²) in [6.07, 6.45) is 8.10. The molecule has 2 heteroatoms. The van der Waals surface area contributed by atoms with E-state index in [4.69, 9.17) is 4.79 Å². The van der Waals surface area contributed by atoms with E-state index in [1.165, 1.54) is 0 Å². The van der Waals surface area contributed by atoms with Gasteiger partial charge in [-0.25, -0.2) is 0 Å². The van der Waals surface area contributed by atoms with Gasteiger partial charge in [0.05, 0.1) is 0 Å². The number of nitrogens with two attached hydrogens (primary N) is 1. The molecule has 15 heavy (non-hydrogen) atoms. The van der Waals surface area contributed by atoms with Crippen molar-refractivity contribution in [2.75, 3.05) is 0 Å². The maximum absolute atomic E-state index is 8.58. The van der Waals surface area contributed by atoms with Crippen LogP contribution in [0.1, 0.15) is 46.0 Å². The molecular formula is C13H23NO. The Bertz CT molecular complexity index is 237. The SMILES string of the molecule is CC1C2CC3CC(C2)CC1(C)C3.NC=O. The van der Waals surface area contributed by atoms with Crippen molar-refractivity contribution >= 4 is 6.41 Å². The van der Waals surface area contributed by atoms with Crippen LogP contribution in [0.15, 0.2) is 0 Å². The van der Waals surface area contributed by atoms with E-state index in [1.807, 2.05) is 0 Å². The summed E-state index contributed by atoms with van der Waals surface area (Å²) in [5.41, 5.74) is 4.93. The molecule has 0 radical (unpaired) electrons. The molecule has 2 N–H and O–H groups in total. The van der Waals surface area contributed by atoms with Crippen LogP contribution < -0.4 is 5.73 Å². The summed E-state index contributed by atoms with van der Waals surface area (Å²) in [7, 11) is 0. The standard InChI is InChI=1S/C12H20.CH3NO/c1-8-11-4-9-3-10(5-11)7-12(8,2)6-9;2-1-3/h8-11H,3-7H2,1-2H3;1H,(H2,2,3). The first-order valence-electron chi connectivity index (χ1n) is 6.24. The fourth-order valence-electron chi connectivity index (χ4n) is 4.70. The number of carbonyl (C=O) groups is 1. The minimum absolute atomic E-state index is 0.250. The van der Waals surface area contributed by atoms with E-state index in [2.05, 4.69) is 19.6 Å². The van der Waals surface area contributed by atoms with Gasteiger partial charge in [-0.15, -0.1) is 0 Å². The smallest absolute Gasteiger partial charge is 0.204 e. The Kier molecular flexibility index (Phi) is 2.78. The maximum Gasteiger partial charge on any atom is 0.204 e. The fourth-order valence-corrected chi connectivity index (χ4v) is 4.70. The van der Waals surface area contributed by atoms with Crippen LogP contribution in [0.4, 0.5) is 0 Å². The minimum atomic E-state index is 0.250. The lowest BCUT2D eigenvalue weighted by molar-refractivity contribution is -0.106. The van der Waals surface area contributed by atoms with Crippen molar-refractivity contribution in [3.05, 3.63) is 0 Å². The summed E-state index contributed by atoms with van der Waals surface area (Å²) in [4.78, 5) is 8.58. The highest BCUT2D eigenvalue weighted by Gasteiger charge is 2.52. The van der Waals surface area contributed by atoms with Crippen LogP contribution in [-0.2, 0) is 4.79 Å². The van der Waals surface area contributed by atoms with E-state index in [0.717, 1.165) is 29.1 Å². The zero-order chi connectivity index (χ0) is 11.1. The molecule has 0 heterocycles. The maximum atomic E-state index is 8.58. The van der Waals surface area contributed by atoms with Gasteiger partial charge in [-0.3, -0.25) is 4.79 Å². The Hall–Kier alpha value is -0.530. The van der Waals surface area contributed by atoms with Gasteiger partial charge in [-0.2, -0.15) is 0 Å². The highest BCUT2D eigenvalue weighted by atomic mass is 16.1. The Labute approximate surface area is 92.6 Å². The van der Waals surface area contributed by atoms with Crippen LogP contribution >= 0.6 is 0 Å². The van der Waals surface area contributed by atoms with Crippen LogP contribution in [0.3, 0.4) is 0 Å². The van der Waals surface area contributed by atoms with Gasteiger partial charge in [-0.05, 0) is 61.2 Å². The molecule has 3 unspecified atom stereocenters. The molecule has 0 aromatic heterocycles. The molecule has 2 nitrogen and oxygen atoms in total. The lowest BCUT2D eigenvalue weighted by Crippen LogP contribution is -2.50. The zero-order valence-electron chi connectivity index (χ0n) is 9.91. The summed E-state index contributed by atoms with van der Waals surface area (Å²) in [6, 6.07) is 0. The molecule has 3 atom stereocenters. The molecule has 0 aromatic rings. The third-order valence-electron chi connectivity index (χ3n) is 5.26. The van der Waals surface area contributed by atoms with Crippen molar-refractivity contribution in [2.24, 2.45) is 34.8 Å². The first-order chi connectivity index (χ1) is 7.09. The highest BCUT2D eigenvalue weighted by molar-refractivity contribution is 5.42. The lowest BCUT2D eigenvalue weighted by atomic mass is 9.46. The van der Waals surface area contributed by atoms with Gasteiger partial charge in [0.25, 0.3) is 0 Å². The largest absolute Gasteiger partial charge is 0.372 e. The van der Waals surface area contributed by atoms with E-state index >= 15 is 0 Å². The molecule has 4 aliphatic carbocycles. The minimum Gasteiger partial charge on any atom is -0.372 e. The van der Waals surface area contributed by atoms with E-state index in [0.29, 0.717) is 0 Å². The average Bonchev–Trinajstić information content (AvgIpc) is 2.13. The molecule has 1 amide bonds. The van der Waals surface area contributed by atoms with Crippen LogP contribution in [-0.4, -0.2) is 6.41 Å². The molecule has 86 valence electrons. The van der Waals surface area contributed by atoms with E-state index in [-0.39, 0.29) is 6.41 Å². The Morgan fingerprint density at radius 1 is 1.20 bits per heavy atom. The molecule has 0 spiro atoms. The van der Waals surface area contributed by atoms with Gasteiger partial charge >= 0.3 is 0 Å². The summed E-state index contributed by atoms with van der Waals surface area (Å²) in [6.45, 7) is 5.07. The summed E-state index contributed by atoms with van der Waals surface area (Å²) in [5.74, 6) is 4.40. The van der Waals surface area contributed by atoms with Gasteiger partial charge in [0.1, 0.15) is 0 Å². The van der Waals surface area contributed by atoms with E-state index in [1.54, 1.807) is 32.1 Å². The highest BCUT2D eigenvalue weighted by Crippen LogP contribution is 2.62. The predicted octanol–water partition coefficient (Wildman–Crippen LogP) is 2.57. The number of primary amides is 1. The van der Waals surface area contributed by atoms with Gasteiger partial charge in [-0.1, -0.05) is 13.8 Å². The van der Waals surface area contributed by atoms with Gasteiger partial charge in [0.2, 0.25) is 6.41 Å². The van der Waals surface area contributed by atoms with Crippen molar-refractivity contribution in [1.82, 2.24) is 0 Å². The topological polar surface area (TPSA) is 43.1 Å². The molecule has 4 rings (SSSR count). The molecule has 0 aliphatic heterocycles. The monoisotopic (exact) mass is 209 g/mol. The van der Waals surface area contributed by atoms with Gasteiger partial charge in [0, 0.05) is 0 Å². The summed E-state index contributed by atoms with van der Waals surface area (Å²) < 4.78 is 0. The van der Waals surface area contributed by atoms with Crippen LogP contribution in [0, 0.1) is 29.1 Å². The third-order valence-corrected chi connectivity index (χ3v) is 5.26. The van der Waals surface area contributed by atoms with Crippen LogP contribution in [0.2, 0.25) is 0 Å². The molecule has 0 saturated heterocycles. The average molecular weight is 209 g/mol. The van der Waals surface area contributed by atoms with E-state index < -0.39 is 0 Å². The molecule has 0 aromatic carbocycles. The number of rotatable bonds is 0. The second kappa shape index (κ2) is 3.80. The third kappa shape index (κ3) is 1.79. The van der Waals surface area contributed by atoms with Crippen molar-refractivity contribution < 1.29 is 4.79 Å². The van der Waals surface area contributed by atoms with Gasteiger partial charge < -0.3 is 5.73 Å². The Morgan fingerprint density at radius 3 is 2.07 bits per heavy atom. The van der Waals surface area contributed by atoms with Crippen molar-refractivity contribution in [2.45, 2.75) is 46.0 Å². The number of hydrogen-bond donors (Lipinski definition) is 1. The van der Waals surface area contributed by atoms with E-state index in [9.17, 15) is 0 Å². The van der Waals surface area contributed by atoms with Gasteiger partial charge in [0.15, 0.2) is 0 Å². The second-order valence-electron chi connectivity index (χ2n) is 6.19.